The summed E-state index contributed by atoms with van der Waals surface area (Å²) in [6.07, 6.45) is 0. The summed E-state index contributed by atoms with van der Waals surface area (Å²) < 4.78 is 17.4. The SMILES string of the molecule is COc1ccc(-c2noc(-c3nn(-c4cccc(OC)c4)c(=O)c4ccccc34)n2)cc1. The third kappa shape index (κ3) is 3.37. The summed E-state index contributed by atoms with van der Waals surface area (Å²) in [6, 6.07) is 21.7. The molecule has 2 heterocycles. The van der Waals surface area contributed by atoms with Crippen LogP contribution in [-0.2, 0) is 0 Å². The highest BCUT2D eigenvalue weighted by molar-refractivity contribution is 5.92. The molecule has 0 saturated heterocycles. The van der Waals surface area contributed by atoms with Crippen molar-refractivity contribution >= 4 is 10.8 Å². The van der Waals surface area contributed by atoms with Gasteiger partial charge in [0.2, 0.25) is 5.82 Å². The van der Waals surface area contributed by atoms with Crippen LogP contribution in [0.2, 0.25) is 0 Å². The minimum Gasteiger partial charge on any atom is -0.497 e. The zero-order chi connectivity index (χ0) is 22.1. The fraction of sp³-hybridized carbons (Fsp3) is 0.0833. The van der Waals surface area contributed by atoms with E-state index in [2.05, 4.69) is 15.2 Å². The van der Waals surface area contributed by atoms with Crippen LogP contribution in [0, 0.1) is 0 Å². The molecule has 0 N–H and O–H groups in total. The fourth-order valence-electron chi connectivity index (χ4n) is 3.44. The zero-order valence-corrected chi connectivity index (χ0v) is 17.4. The lowest BCUT2D eigenvalue weighted by Crippen LogP contribution is -2.22. The quantitative estimate of drug-likeness (QED) is 0.417. The highest BCUT2D eigenvalue weighted by Gasteiger charge is 2.19. The van der Waals surface area contributed by atoms with Crippen molar-refractivity contribution in [2.45, 2.75) is 0 Å². The molecular formula is C24H18N4O4. The van der Waals surface area contributed by atoms with E-state index < -0.39 is 0 Å². The van der Waals surface area contributed by atoms with Crippen molar-refractivity contribution in [3.05, 3.63) is 83.2 Å². The summed E-state index contributed by atoms with van der Waals surface area (Å²) in [5, 5.41) is 9.80. The van der Waals surface area contributed by atoms with Gasteiger partial charge in [-0.3, -0.25) is 4.79 Å². The van der Waals surface area contributed by atoms with E-state index in [0.717, 1.165) is 11.3 Å². The van der Waals surface area contributed by atoms with Crippen LogP contribution in [0.4, 0.5) is 0 Å². The second kappa shape index (κ2) is 7.99. The first-order valence-electron chi connectivity index (χ1n) is 9.83. The van der Waals surface area contributed by atoms with Crippen molar-refractivity contribution in [2.75, 3.05) is 14.2 Å². The van der Waals surface area contributed by atoms with Crippen LogP contribution in [0.3, 0.4) is 0 Å². The van der Waals surface area contributed by atoms with Gasteiger partial charge < -0.3 is 14.0 Å². The smallest absolute Gasteiger partial charge is 0.279 e. The Labute approximate surface area is 182 Å². The van der Waals surface area contributed by atoms with Gasteiger partial charge in [-0.25, -0.2) is 0 Å². The molecule has 3 aromatic carbocycles. The van der Waals surface area contributed by atoms with E-state index in [1.165, 1.54) is 4.68 Å². The predicted octanol–water partition coefficient (Wildman–Crippen LogP) is 4.12. The number of nitrogens with zero attached hydrogens (tertiary/aromatic N) is 4. The molecule has 158 valence electrons. The van der Waals surface area contributed by atoms with Gasteiger partial charge in [-0.05, 0) is 42.5 Å². The van der Waals surface area contributed by atoms with Crippen LogP contribution in [0.5, 0.6) is 11.5 Å². The minimum atomic E-state index is -0.257. The number of fused-ring (bicyclic) bond motifs is 1. The predicted molar refractivity (Wildman–Crippen MR) is 119 cm³/mol. The molecule has 5 rings (SSSR count). The Hall–Kier alpha value is -4.46. The number of aromatic nitrogens is 4. The molecule has 0 atom stereocenters. The molecule has 8 heteroatoms. The maximum atomic E-state index is 13.2. The Kier molecular flexibility index (Phi) is 4.87. The van der Waals surface area contributed by atoms with Crippen molar-refractivity contribution in [1.82, 2.24) is 19.9 Å². The maximum Gasteiger partial charge on any atom is 0.279 e. The Morgan fingerprint density at radius 2 is 1.59 bits per heavy atom. The Bertz CT molecular complexity index is 1470. The average molecular weight is 426 g/mol. The summed E-state index contributed by atoms with van der Waals surface area (Å²) in [6.45, 7) is 0. The van der Waals surface area contributed by atoms with E-state index in [0.29, 0.717) is 33.7 Å². The lowest BCUT2D eigenvalue weighted by molar-refractivity contribution is 0.414. The molecule has 0 unspecified atom stereocenters. The number of methoxy groups -OCH3 is 2. The largest absolute Gasteiger partial charge is 0.497 e. The van der Waals surface area contributed by atoms with Gasteiger partial charge in [0.1, 0.15) is 11.5 Å². The molecule has 0 amide bonds. The number of hydrogen-bond donors (Lipinski definition) is 0. The molecule has 8 nitrogen and oxygen atoms in total. The van der Waals surface area contributed by atoms with Crippen LogP contribution in [0.25, 0.3) is 39.4 Å². The Balaban J connectivity index is 1.68. The summed E-state index contributed by atoms with van der Waals surface area (Å²) in [5.74, 6) is 1.97. The van der Waals surface area contributed by atoms with Crippen LogP contribution < -0.4 is 15.0 Å². The molecule has 0 saturated carbocycles. The Morgan fingerprint density at radius 1 is 0.844 bits per heavy atom. The molecule has 0 spiro atoms. The highest BCUT2D eigenvalue weighted by atomic mass is 16.5. The van der Waals surface area contributed by atoms with Crippen molar-refractivity contribution < 1.29 is 14.0 Å². The Morgan fingerprint density at radius 3 is 2.34 bits per heavy atom. The molecule has 0 fully saturated rings. The molecule has 32 heavy (non-hydrogen) atoms. The number of benzene rings is 3. The molecule has 0 bridgehead atoms. The van der Waals surface area contributed by atoms with E-state index in [1.54, 1.807) is 50.6 Å². The molecule has 5 aromatic rings. The fourth-order valence-corrected chi connectivity index (χ4v) is 3.44. The maximum absolute atomic E-state index is 13.2. The van der Waals surface area contributed by atoms with Crippen molar-refractivity contribution in [3.63, 3.8) is 0 Å². The van der Waals surface area contributed by atoms with Crippen LogP contribution in [0.1, 0.15) is 0 Å². The molecule has 0 aliphatic heterocycles. The first kappa shape index (κ1) is 19.5. The van der Waals surface area contributed by atoms with Crippen molar-refractivity contribution in [2.24, 2.45) is 0 Å². The lowest BCUT2D eigenvalue weighted by Gasteiger charge is -2.10. The first-order chi connectivity index (χ1) is 15.7. The topological polar surface area (TPSA) is 92.3 Å². The van der Waals surface area contributed by atoms with Crippen molar-refractivity contribution in [3.8, 4) is 40.2 Å². The van der Waals surface area contributed by atoms with Crippen LogP contribution in [0.15, 0.2) is 82.1 Å². The third-order valence-corrected chi connectivity index (χ3v) is 5.08. The van der Waals surface area contributed by atoms with Gasteiger partial charge in [-0.1, -0.05) is 29.4 Å². The van der Waals surface area contributed by atoms with E-state index in [9.17, 15) is 4.79 Å². The summed E-state index contributed by atoms with van der Waals surface area (Å²) in [5.41, 5.74) is 1.49. The lowest BCUT2D eigenvalue weighted by atomic mass is 10.1. The van der Waals surface area contributed by atoms with Gasteiger partial charge in [0.25, 0.3) is 11.4 Å². The number of hydrogen-bond acceptors (Lipinski definition) is 7. The molecule has 2 aromatic heterocycles. The van der Waals surface area contributed by atoms with Crippen LogP contribution >= 0.6 is 0 Å². The van der Waals surface area contributed by atoms with E-state index >= 15 is 0 Å². The summed E-state index contributed by atoms with van der Waals surface area (Å²) in [4.78, 5) is 17.7. The molecule has 0 radical (unpaired) electrons. The van der Waals surface area contributed by atoms with Gasteiger partial charge in [-0.15, -0.1) is 0 Å². The van der Waals surface area contributed by atoms with E-state index in [4.69, 9.17) is 14.0 Å². The number of rotatable bonds is 5. The van der Waals surface area contributed by atoms with E-state index in [-0.39, 0.29) is 11.4 Å². The second-order valence-corrected chi connectivity index (χ2v) is 6.96. The second-order valence-electron chi connectivity index (χ2n) is 6.96. The summed E-state index contributed by atoms with van der Waals surface area (Å²) in [7, 11) is 3.18. The van der Waals surface area contributed by atoms with Gasteiger partial charge in [0.05, 0.1) is 25.3 Å². The molecular weight excluding hydrogens is 408 g/mol. The first-order valence-corrected chi connectivity index (χ1v) is 9.83. The third-order valence-electron chi connectivity index (χ3n) is 5.08. The zero-order valence-electron chi connectivity index (χ0n) is 17.4. The average Bonchev–Trinajstić information content (AvgIpc) is 3.34. The number of ether oxygens (including phenoxy) is 2. The van der Waals surface area contributed by atoms with Gasteiger partial charge in [0, 0.05) is 17.0 Å². The standard InChI is InChI=1S/C24H18N4O4/c1-30-17-12-10-15(11-13-17)22-25-23(32-27-22)21-19-8-3-4-9-20(19)24(29)28(26-21)16-6-5-7-18(14-16)31-2/h3-14H,1-2H3. The minimum absolute atomic E-state index is 0.212. The monoisotopic (exact) mass is 426 g/mol. The molecule has 0 aliphatic rings. The summed E-state index contributed by atoms with van der Waals surface area (Å²) >= 11 is 0. The van der Waals surface area contributed by atoms with Gasteiger partial charge in [0.15, 0.2) is 5.69 Å². The molecule has 0 aliphatic carbocycles. The van der Waals surface area contributed by atoms with Crippen LogP contribution in [-0.4, -0.2) is 34.1 Å². The van der Waals surface area contributed by atoms with Crippen molar-refractivity contribution in [1.29, 1.82) is 0 Å². The van der Waals surface area contributed by atoms with Gasteiger partial charge >= 0.3 is 0 Å². The highest BCUT2D eigenvalue weighted by Crippen LogP contribution is 2.27. The van der Waals surface area contributed by atoms with Gasteiger partial charge in [-0.2, -0.15) is 14.8 Å². The normalized spacial score (nSPS) is 10.9. The van der Waals surface area contributed by atoms with E-state index in [1.807, 2.05) is 36.4 Å².